The number of nitrogens with zero attached hydrogens (tertiary/aromatic N) is 4. The van der Waals surface area contributed by atoms with Gasteiger partial charge in [-0.05, 0) is 43.7 Å². The topological polar surface area (TPSA) is 82.3 Å². The fourth-order valence-corrected chi connectivity index (χ4v) is 3.28. The summed E-state index contributed by atoms with van der Waals surface area (Å²) < 4.78 is 12.3. The molecule has 0 aliphatic heterocycles. The van der Waals surface area contributed by atoms with Crippen LogP contribution in [0.25, 0.3) is 27.8 Å². The van der Waals surface area contributed by atoms with Gasteiger partial charge >= 0.3 is 0 Å². The molecule has 0 saturated carbocycles. The third-order valence-electron chi connectivity index (χ3n) is 4.63. The van der Waals surface area contributed by atoms with E-state index >= 15 is 0 Å². The van der Waals surface area contributed by atoms with Crippen LogP contribution in [0.3, 0.4) is 0 Å². The van der Waals surface area contributed by atoms with Gasteiger partial charge in [0, 0.05) is 29.8 Å². The number of hydrogen-bond donors (Lipinski definition) is 1. The number of pyridine rings is 3. The molecular formula is C21H20N4O3. The predicted molar refractivity (Wildman–Crippen MR) is 106 cm³/mol. The monoisotopic (exact) mass is 376 g/mol. The summed E-state index contributed by atoms with van der Waals surface area (Å²) in [4.78, 5) is 13.2. The zero-order chi connectivity index (χ0) is 19.8. The summed E-state index contributed by atoms with van der Waals surface area (Å²) >= 11 is 0. The Morgan fingerprint density at radius 1 is 1.04 bits per heavy atom. The van der Waals surface area contributed by atoms with E-state index in [0.717, 1.165) is 28.2 Å². The van der Waals surface area contributed by atoms with Crippen LogP contribution in [0, 0.1) is 13.8 Å². The van der Waals surface area contributed by atoms with Crippen molar-refractivity contribution in [3.05, 3.63) is 54.1 Å². The molecule has 0 unspecified atom stereocenters. The predicted octanol–water partition coefficient (Wildman–Crippen LogP) is 3.82. The van der Waals surface area contributed by atoms with Gasteiger partial charge in [-0.15, -0.1) is 0 Å². The molecule has 0 spiro atoms. The summed E-state index contributed by atoms with van der Waals surface area (Å²) in [7, 11) is 3.12. The van der Waals surface area contributed by atoms with E-state index in [-0.39, 0.29) is 5.88 Å². The molecule has 0 radical (unpaired) electrons. The smallest absolute Gasteiger partial charge is 0.256 e. The maximum atomic E-state index is 10.8. The minimum atomic E-state index is 0.155. The second kappa shape index (κ2) is 6.84. The molecule has 0 aliphatic rings. The number of fused-ring (bicyclic) bond motifs is 1. The zero-order valence-electron chi connectivity index (χ0n) is 16.1. The lowest BCUT2D eigenvalue weighted by atomic mass is 10.1. The van der Waals surface area contributed by atoms with Crippen LogP contribution in [-0.2, 0) is 0 Å². The standard InChI is InChI=1S/C21H20N4O3/c1-12-7-16(14-9-18(27-3)20(28-4)23-10-14)24-17-11-25(21(26)19(12)17)15-5-6-22-13(2)8-15/h5-11,26H,1-4H3. The van der Waals surface area contributed by atoms with E-state index in [4.69, 9.17) is 14.5 Å². The first-order valence-corrected chi connectivity index (χ1v) is 8.75. The molecule has 4 aromatic heterocycles. The fourth-order valence-electron chi connectivity index (χ4n) is 3.28. The molecule has 142 valence electrons. The van der Waals surface area contributed by atoms with Gasteiger partial charge in [-0.1, -0.05) is 0 Å². The van der Waals surface area contributed by atoms with Crippen LogP contribution in [0.2, 0.25) is 0 Å². The van der Waals surface area contributed by atoms with Crippen molar-refractivity contribution in [2.45, 2.75) is 13.8 Å². The molecule has 0 saturated heterocycles. The zero-order valence-corrected chi connectivity index (χ0v) is 16.1. The SMILES string of the molecule is COc1cc(-c2cc(C)c3c(O)n(-c4ccnc(C)c4)cc3n2)cnc1OC. The minimum Gasteiger partial charge on any atom is -0.494 e. The van der Waals surface area contributed by atoms with Gasteiger partial charge < -0.3 is 14.6 Å². The number of ether oxygens (including phenoxy) is 2. The molecule has 4 heterocycles. The molecule has 4 rings (SSSR count). The highest BCUT2D eigenvalue weighted by Crippen LogP contribution is 2.35. The molecule has 7 nitrogen and oxygen atoms in total. The Morgan fingerprint density at radius 2 is 1.86 bits per heavy atom. The molecule has 7 heteroatoms. The molecular weight excluding hydrogens is 356 g/mol. The minimum absolute atomic E-state index is 0.155. The van der Waals surface area contributed by atoms with Crippen molar-refractivity contribution in [1.29, 1.82) is 0 Å². The van der Waals surface area contributed by atoms with Crippen LogP contribution in [0.5, 0.6) is 17.5 Å². The van der Waals surface area contributed by atoms with Crippen LogP contribution >= 0.6 is 0 Å². The van der Waals surface area contributed by atoms with Crippen molar-refractivity contribution >= 4 is 10.9 Å². The third kappa shape index (κ3) is 2.90. The summed E-state index contributed by atoms with van der Waals surface area (Å²) in [6.07, 6.45) is 5.23. The first kappa shape index (κ1) is 17.8. The van der Waals surface area contributed by atoms with Gasteiger partial charge in [-0.25, -0.2) is 9.97 Å². The molecule has 0 amide bonds. The van der Waals surface area contributed by atoms with E-state index in [1.54, 1.807) is 31.2 Å². The van der Waals surface area contributed by atoms with Crippen LogP contribution in [0.4, 0.5) is 0 Å². The lowest BCUT2D eigenvalue weighted by molar-refractivity contribution is 0.343. The average Bonchev–Trinajstić information content (AvgIpc) is 3.04. The number of aromatic hydroxyl groups is 1. The first-order valence-electron chi connectivity index (χ1n) is 8.75. The number of aryl methyl sites for hydroxylation is 2. The molecule has 1 N–H and O–H groups in total. The molecule has 0 aliphatic carbocycles. The Morgan fingerprint density at radius 3 is 2.57 bits per heavy atom. The summed E-state index contributed by atoms with van der Waals surface area (Å²) in [5.74, 6) is 1.11. The normalized spacial score (nSPS) is 11.0. The summed E-state index contributed by atoms with van der Waals surface area (Å²) in [5, 5.41) is 11.5. The van der Waals surface area contributed by atoms with Crippen LogP contribution in [-0.4, -0.2) is 38.8 Å². The quantitative estimate of drug-likeness (QED) is 0.583. The third-order valence-corrected chi connectivity index (χ3v) is 4.63. The van der Waals surface area contributed by atoms with Gasteiger partial charge in [0.05, 0.1) is 36.5 Å². The van der Waals surface area contributed by atoms with Crippen LogP contribution < -0.4 is 9.47 Å². The number of rotatable bonds is 4. The van der Waals surface area contributed by atoms with Gasteiger partial charge in [0.15, 0.2) is 5.75 Å². The molecule has 0 bridgehead atoms. The summed E-state index contributed by atoms with van der Waals surface area (Å²) in [6, 6.07) is 7.52. The Hall–Kier alpha value is -3.61. The highest BCUT2D eigenvalue weighted by molar-refractivity contribution is 5.90. The fraction of sp³-hybridized carbons (Fsp3) is 0.190. The second-order valence-corrected chi connectivity index (χ2v) is 6.50. The van der Waals surface area contributed by atoms with Crippen LogP contribution in [0.15, 0.2) is 42.9 Å². The highest BCUT2D eigenvalue weighted by Gasteiger charge is 2.16. The Labute approximate surface area is 162 Å². The van der Waals surface area contributed by atoms with Gasteiger partial charge in [0.2, 0.25) is 5.88 Å². The van der Waals surface area contributed by atoms with Crippen molar-refractivity contribution in [3.8, 4) is 34.5 Å². The number of aromatic nitrogens is 4. The molecule has 4 aromatic rings. The Balaban J connectivity index is 1.87. The summed E-state index contributed by atoms with van der Waals surface area (Å²) in [5.41, 5.74) is 4.85. The number of methoxy groups -OCH3 is 2. The van der Waals surface area contributed by atoms with E-state index in [2.05, 4.69) is 9.97 Å². The summed E-state index contributed by atoms with van der Waals surface area (Å²) in [6.45, 7) is 3.86. The van der Waals surface area contributed by atoms with E-state index in [0.29, 0.717) is 22.5 Å². The first-order chi connectivity index (χ1) is 13.5. The van der Waals surface area contributed by atoms with E-state index in [1.165, 1.54) is 0 Å². The molecule has 0 fully saturated rings. The molecule has 28 heavy (non-hydrogen) atoms. The average molecular weight is 376 g/mol. The van der Waals surface area contributed by atoms with Crippen molar-refractivity contribution < 1.29 is 14.6 Å². The number of hydrogen-bond acceptors (Lipinski definition) is 6. The van der Waals surface area contributed by atoms with Crippen LogP contribution in [0.1, 0.15) is 11.3 Å². The lowest BCUT2D eigenvalue weighted by Crippen LogP contribution is -1.95. The van der Waals surface area contributed by atoms with Crippen molar-refractivity contribution in [3.63, 3.8) is 0 Å². The molecule has 0 aromatic carbocycles. The Bertz CT molecular complexity index is 1180. The highest BCUT2D eigenvalue weighted by atomic mass is 16.5. The van der Waals surface area contributed by atoms with Crippen molar-refractivity contribution in [1.82, 2.24) is 19.5 Å². The van der Waals surface area contributed by atoms with Crippen molar-refractivity contribution in [2.24, 2.45) is 0 Å². The van der Waals surface area contributed by atoms with Gasteiger partial charge in [0.1, 0.15) is 0 Å². The second-order valence-electron chi connectivity index (χ2n) is 6.50. The maximum Gasteiger partial charge on any atom is 0.256 e. The van der Waals surface area contributed by atoms with E-state index < -0.39 is 0 Å². The lowest BCUT2D eigenvalue weighted by Gasteiger charge is -2.09. The van der Waals surface area contributed by atoms with Gasteiger partial charge in [0.25, 0.3) is 5.88 Å². The maximum absolute atomic E-state index is 10.8. The largest absolute Gasteiger partial charge is 0.494 e. The molecule has 0 atom stereocenters. The van der Waals surface area contributed by atoms with E-state index in [1.807, 2.05) is 44.3 Å². The van der Waals surface area contributed by atoms with Crippen molar-refractivity contribution in [2.75, 3.05) is 14.2 Å². The van der Waals surface area contributed by atoms with Gasteiger partial charge in [-0.3, -0.25) is 9.55 Å². The van der Waals surface area contributed by atoms with Gasteiger partial charge in [-0.2, -0.15) is 0 Å². The van der Waals surface area contributed by atoms with E-state index in [9.17, 15) is 5.11 Å². The Kier molecular flexibility index (Phi) is 4.35.